The fourth-order valence-electron chi connectivity index (χ4n) is 8.36. The van der Waals surface area contributed by atoms with Crippen molar-refractivity contribution in [2.45, 2.75) is 0 Å². The molecule has 52 heavy (non-hydrogen) atoms. The fraction of sp³-hybridized carbons (Fsp3) is 0. The molecular weight excluding hydrogens is 629 g/mol. The van der Waals surface area contributed by atoms with Gasteiger partial charge in [0.05, 0.1) is 22.1 Å². The Kier molecular flexibility index (Phi) is 6.28. The van der Waals surface area contributed by atoms with Crippen LogP contribution in [0.4, 0.5) is 0 Å². The van der Waals surface area contributed by atoms with Crippen LogP contribution in [-0.2, 0) is 0 Å². The molecule has 0 saturated carbocycles. The monoisotopic (exact) mass is 660 g/mol. The highest BCUT2D eigenvalue weighted by Gasteiger charge is 2.16. The summed E-state index contributed by atoms with van der Waals surface area (Å²) in [6.07, 6.45) is 0. The van der Waals surface area contributed by atoms with Crippen LogP contribution in [0.3, 0.4) is 0 Å². The van der Waals surface area contributed by atoms with E-state index >= 15 is 0 Å². The van der Waals surface area contributed by atoms with Crippen LogP contribution < -0.4 is 0 Å². The van der Waals surface area contributed by atoms with Crippen LogP contribution in [0.2, 0.25) is 0 Å². The van der Waals surface area contributed by atoms with Gasteiger partial charge >= 0.3 is 0 Å². The number of aromatic nitrogens is 2. The van der Waals surface area contributed by atoms with E-state index in [2.05, 4.69) is 203 Å². The molecule has 0 amide bonds. The predicted molar refractivity (Wildman–Crippen MR) is 221 cm³/mol. The van der Waals surface area contributed by atoms with E-state index in [0.29, 0.717) is 0 Å². The summed E-state index contributed by atoms with van der Waals surface area (Å²) in [5, 5.41) is 10.0. The summed E-state index contributed by atoms with van der Waals surface area (Å²) in [6.45, 7) is 0. The summed E-state index contributed by atoms with van der Waals surface area (Å²) in [6, 6.07) is 71.1. The van der Waals surface area contributed by atoms with E-state index in [1.807, 2.05) is 0 Å². The van der Waals surface area contributed by atoms with Gasteiger partial charge in [0.2, 0.25) is 0 Å². The van der Waals surface area contributed by atoms with Crippen molar-refractivity contribution >= 4 is 65.2 Å². The van der Waals surface area contributed by atoms with Gasteiger partial charge in [-0.15, -0.1) is 0 Å². The molecule has 9 aromatic carbocycles. The van der Waals surface area contributed by atoms with Crippen LogP contribution in [0.15, 0.2) is 194 Å². The van der Waals surface area contributed by atoms with E-state index in [1.165, 1.54) is 98.8 Å². The van der Waals surface area contributed by atoms with Gasteiger partial charge in [-0.2, -0.15) is 0 Å². The quantitative estimate of drug-likeness (QED) is 0.178. The summed E-state index contributed by atoms with van der Waals surface area (Å²) in [4.78, 5) is 0. The van der Waals surface area contributed by atoms with Gasteiger partial charge < -0.3 is 9.13 Å². The Morgan fingerprint density at radius 3 is 1.50 bits per heavy atom. The van der Waals surface area contributed by atoms with Gasteiger partial charge in [0, 0.05) is 32.9 Å². The Balaban J connectivity index is 1.06. The molecular formula is C50H32N2. The zero-order valence-corrected chi connectivity index (χ0v) is 28.4. The Morgan fingerprint density at radius 1 is 0.231 bits per heavy atom. The number of nitrogens with zero attached hydrogens (tertiary/aromatic N) is 2. The van der Waals surface area contributed by atoms with E-state index in [9.17, 15) is 0 Å². The van der Waals surface area contributed by atoms with Crippen molar-refractivity contribution in [2.24, 2.45) is 0 Å². The topological polar surface area (TPSA) is 9.86 Å². The average Bonchev–Trinajstić information content (AvgIpc) is 3.73. The SMILES string of the molecule is c1ccc(-c2ccc3cc(-n4c5ccccc5c5cc(-c6ccc7c8ccccc8n(-c8ccc9ccccc9c8)c7c6)ccc54)ccc3c2)cc1. The molecule has 0 bridgehead atoms. The van der Waals surface area contributed by atoms with Gasteiger partial charge in [-0.05, 0) is 104 Å². The van der Waals surface area contributed by atoms with Crippen molar-refractivity contribution in [2.75, 3.05) is 0 Å². The molecule has 0 aliphatic heterocycles. The molecule has 0 aliphatic carbocycles. The lowest BCUT2D eigenvalue weighted by Gasteiger charge is -2.11. The second-order valence-electron chi connectivity index (χ2n) is 13.8. The average molecular weight is 661 g/mol. The third kappa shape index (κ3) is 4.44. The number of rotatable bonds is 4. The van der Waals surface area contributed by atoms with Gasteiger partial charge in [-0.1, -0.05) is 133 Å². The zero-order valence-electron chi connectivity index (χ0n) is 28.4. The highest BCUT2D eigenvalue weighted by molar-refractivity contribution is 6.12. The van der Waals surface area contributed by atoms with Crippen molar-refractivity contribution in [3.8, 4) is 33.6 Å². The molecule has 2 nitrogen and oxygen atoms in total. The first-order valence-corrected chi connectivity index (χ1v) is 17.9. The number of para-hydroxylation sites is 2. The van der Waals surface area contributed by atoms with Crippen molar-refractivity contribution in [1.82, 2.24) is 9.13 Å². The van der Waals surface area contributed by atoms with E-state index in [1.54, 1.807) is 0 Å². The smallest absolute Gasteiger partial charge is 0.0547 e. The highest BCUT2D eigenvalue weighted by atomic mass is 15.0. The van der Waals surface area contributed by atoms with E-state index in [0.717, 1.165) is 0 Å². The summed E-state index contributed by atoms with van der Waals surface area (Å²) in [5.41, 5.74) is 12.1. The molecule has 2 heteroatoms. The van der Waals surface area contributed by atoms with E-state index in [4.69, 9.17) is 0 Å². The van der Waals surface area contributed by atoms with Crippen LogP contribution in [0.25, 0.3) is 98.8 Å². The zero-order chi connectivity index (χ0) is 34.2. The fourth-order valence-corrected chi connectivity index (χ4v) is 8.36. The molecule has 11 aromatic rings. The third-order valence-corrected chi connectivity index (χ3v) is 10.9. The molecule has 0 unspecified atom stereocenters. The van der Waals surface area contributed by atoms with Crippen LogP contribution in [-0.4, -0.2) is 9.13 Å². The second-order valence-corrected chi connectivity index (χ2v) is 13.8. The molecule has 0 N–H and O–H groups in total. The predicted octanol–water partition coefficient (Wildman–Crippen LogP) is 13.5. The minimum absolute atomic E-state index is 1.17. The molecule has 242 valence electrons. The van der Waals surface area contributed by atoms with Gasteiger partial charge in [0.1, 0.15) is 0 Å². The molecule has 0 radical (unpaired) electrons. The van der Waals surface area contributed by atoms with Crippen molar-refractivity contribution in [1.29, 1.82) is 0 Å². The maximum atomic E-state index is 2.42. The molecule has 0 aliphatic rings. The molecule has 0 spiro atoms. The van der Waals surface area contributed by atoms with E-state index in [-0.39, 0.29) is 0 Å². The van der Waals surface area contributed by atoms with Crippen LogP contribution in [0.5, 0.6) is 0 Å². The van der Waals surface area contributed by atoms with Crippen molar-refractivity contribution < 1.29 is 0 Å². The third-order valence-electron chi connectivity index (χ3n) is 10.9. The van der Waals surface area contributed by atoms with Gasteiger partial charge in [-0.3, -0.25) is 0 Å². The number of benzene rings is 9. The summed E-state index contributed by atoms with van der Waals surface area (Å²) in [7, 11) is 0. The number of fused-ring (bicyclic) bond motifs is 8. The van der Waals surface area contributed by atoms with Crippen molar-refractivity contribution in [3.63, 3.8) is 0 Å². The lowest BCUT2D eigenvalue weighted by molar-refractivity contribution is 1.18. The van der Waals surface area contributed by atoms with Gasteiger partial charge in [0.25, 0.3) is 0 Å². The summed E-state index contributed by atoms with van der Waals surface area (Å²) >= 11 is 0. The minimum atomic E-state index is 1.17. The first-order valence-electron chi connectivity index (χ1n) is 17.9. The summed E-state index contributed by atoms with van der Waals surface area (Å²) in [5.74, 6) is 0. The summed E-state index contributed by atoms with van der Waals surface area (Å²) < 4.78 is 4.84. The van der Waals surface area contributed by atoms with Crippen molar-refractivity contribution in [3.05, 3.63) is 194 Å². The Hall–Kier alpha value is -6.90. The normalized spacial score (nSPS) is 11.8. The number of hydrogen-bond acceptors (Lipinski definition) is 0. The first-order chi connectivity index (χ1) is 25.8. The maximum Gasteiger partial charge on any atom is 0.0547 e. The van der Waals surface area contributed by atoms with Crippen LogP contribution >= 0.6 is 0 Å². The maximum absolute atomic E-state index is 2.42. The van der Waals surface area contributed by atoms with Crippen LogP contribution in [0.1, 0.15) is 0 Å². The van der Waals surface area contributed by atoms with E-state index < -0.39 is 0 Å². The lowest BCUT2D eigenvalue weighted by Crippen LogP contribution is -1.94. The molecule has 0 atom stereocenters. The Morgan fingerprint density at radius 2 is 0.712 bits per heavy atom. The van der Waals surface area contributed by atoms with Gasteiger partial charge in [0.15, 0.2) is 0 Å². The lowest BCUT2D eigenvalue weighted by atomic mass is 10.0. The minimum Gasteiger partial charge on any atom is -0.309 e. The largest absolute Gasteiger partial charge is 0.309 e. The molecule has 2 heterocycles. The molecule has 2 aromatic heterocycles. The second kappa shape index (κ2) is 11.3. The molecule has 0 fully saturated rings. The number of hydrogen-bond donors (Lipinski definition) is 0. The standard InChI is InChI=1S/C50H32N2/c1-2-10-33(11-3-1)36-18-19-38-30-41(25-21-37(38)28-36)51-48-17-9-7-15-44(48)46-31-39(23-27-49(46)51)40-22-26-45-43-14-6-8-16-47(43)52(50(45)32-40)42-24-20-34-12-4-5-13-35(34)29-42/h1-32H. The Bertz CT molecular complexity index is 3180. The van der Waals surface area contributed by atoms with Gasteiger partial charge in [-0.25, -0.2) is 0 Å². The Labute approximate surface area is 301 Å². The molecule has 0 saturated heterocycles. The molecule has 11 rings (SSSR count). The van der Waals surface area contributed by atoms with Crippen LogP contribution in [0, 0.1) is 0 Å². The first kappa shape index (κ1) is 28.9. The highest BCUT2D eigenvalue weighted by Crippen LogP contribution is 2.39.